The van der Waals surface area contributed by atoms with Crippen molar-refractivity contribution >= 4 is 5.82 Å². The number of nitro groups is 1. The van der Waals surface area contributed by atoms with Gasteiger partial charge in [0.2, 0.25) is 0 Å². The lowest BCUT2D eigenvalue weighted by molar-refractivity contribution is -0.389. The van der Waals surface area contributed by atoms with Crippen LogP contribution in [-0.4, -0.2) is 32.2 Å². The molecule has 0 unspecified atom stereocenters. The molecule has 3 heterocycles. The Hall–Kier alpha value is -3.47. The minimum Gasteiger partial charge on any atom is -0.443 e. The Kier molecular flexibility index (Phi) is 5.12. The van der Waals surface area contributed by atoms with E-state index in [1.165, 1.54) is 22.9 Å². The molecule has 0 aliphatic carbocycles. The molecular weight excluding hydrogens is 405 g/mol. The van der Waals surface area contributed by atoms with Crippen LogP contribution >= 0.6 is 0 Å². The fraction of sp³-hybridized carbons (Fsp3) is 0.263. The van der Waals surface area contributed by atoms with Crippen LogP contribution in [-0.2, 0) is 24.1 Å². The zero-order valence-electron chi connectivity index (χ0n) is 15.4. The number of hydrogen-bond acceptors (Lipinski definition) is 6. The highest BCUT2D eigenvalue weighted by Gasteiger charge is 2.30. The first kappa shape index (κ1) is 19.8. The van der Waals surface area contributed by atoms with Crippen molar-refractivity contribution in [1.29, 1.82) is 0 Å². The van der Waals surface area contributed by atoms with Crippen molar-refractivity contribution in [1.82, 2.24) is 14.5 Å². The predicted molar refractivity (Wildman–Crippen MR) is 97.6 cm³/mol. The Balaban J connectivity index is 1.35. The summed E-state index contributed by atoms with van der Waals surface area (Å²) in [5.74, 6) is -0.286. The highest BCUT2D eigenvalue weighted by molar-refractivity contribution is 5.62. The molecule has 0 spiro atoms. The molecule has 156 valence electrons. The Morgan fingerprint density at radius 1 is 1.20 bits per heavy atom. The first-order chi connectivity index (χ1) is 14.3. The van der Waals surface area contributed by atoms with E-state index in [4.69, 9.17) is 9.47 Å². The van der Waals surface area contributed by atoms with E-state index in [9.17, 15) is 23.3 Å². The number of aromatic nitrogens is 3. The van der Waals surface area contributed by atoms with E-state index >= 15 is 0 Å². The zero-order valence-corrected chi connectivity index (χ0v) is 15.4. The summed E-state index contributed by atoms with van der Waals surface area (Å²) >= 11 is 0. The standard InChI is InChI=1S/C19H15F3N4O4/c20-19(21,22)14-4-1-12(2-5-14)13-3-6-15(23-7-13)10-29-16-8-25-9-17(26(27)28)24-18(25)30-11-16/h1-7,9,16H,8,10-11H2/t16-/m0/s1. The highest BCUT2D eigenvalue weighted by Crippen LogP contribution is 2.31. The molecule has 0 bridgehead atoms. The summed E-state index contributed by atoms with van der Waals surface area (Å²) in [4.78, 5) is 18.3. The normalized spacial score (nSPS) is 16.0. The van der Waals surface area contributed by atoms with E-state index in [2.05, 4.69) is 9.97 Å². The van der Waals surface area contributed by atoms with E-state index in [1.807, 2.05) is 0 Å². The molecule has 1 aromatic carbocycles. The number of hydrogen-bond donors (Lipinski definition) is 0. The molecule has 1 aliphatic rings. The summed E-state index contributed by atoms with van der Waals surface area (Å²) in [5, 5.41) is 10.8. The summed E-state index contributed by atoms with van der Waals surface area (Å²) in [6.45, 7) is 0.755. The number of nitrogens with zero attached hydrogens (tertiary/aromatic N) is 4. The summed E-state index contributed by atoms with van der Waals surface area (Å²) in [5.41, 5.74) is 1.24. The van der Waals surface area contributed by atoms with Crippen molar-refractivity contribution in [2.45, 2.75) is 25.4 Å². The van der Waals surface area contributed by atoms with Gasteiger partial charge < -0.3 is 19.6 Å². The monoisotopic (exact) mass is 420 g/mol. The van der Waals surface area contributed by atoms with Crippen LogP contribution in [0.25, 0.3) is 11.1 Å². The second kappa shape index (κ2) is 7.75. The number of rotatable bonds is 5. The number of imidazole rings is 1. The van der Waals surface area contributed by atoms with Gasteiger partial charge >= 0.3 is 18.0 Å². The molecule has 11 heteroatoms. The van der Waals surface area contributed by atoms with Crippen molar-refractivity contribution in [3.05, 3.63) is 70.2 Å². The second-order valence-electron chi connectivity index (χ2n) is 6.65. The van der Waals surface area contributed by atoms with Crippen molar-refractivity contribution in [2.24, 2.45) is 0 Å². The van der Waals surface area contributed by atoms with Crippen molar-refractivity contribution in [2.75, 3.05) is 6.61 Å². The van der Waals surface area contributed by atoms with Gasteiger partial charge in [0.15, 0.2) is 0 Å². The fourth-order valence-corrected chi connectivity index (χ4v) is 3.00. The molecule has 0 radical (unpaired) electrons. The Bertz CT molecular complexity index is 1050. The van der Waals surface area contributed by atoms with Crippen LogP contribution in [0.4, 0.5) is 19.0 Å². The minimum atomic E-state index is -4.37. The molecule has 1 aliphatic heterocycles. The molecular formula is C19H15F3N4O4. The van der Waals surface area contributed by atoms with Gasteiger partial charge in [-0.15, -0.1) is 0 Å². The van der Waals surface area contributed by atoms with Crippen LogP contribution in [0.3, 0.4) is 0 Å². The van der Waals surface area contributed by atoms with Gasteiger partial charge in [0.25, 0.3) is 0 Å². The largest absolute Gasteiger partial charge is 0.443 e. The van der Waals surface area contributed by atoms with Gasteiger partial charge in [0.1, 0.15) is 18.9 Å². The Morgan fingerprint density at radius 3 is 2.57 bits per heavy atom. The summed E-state index contributed by atoms with van der Waals surface area (Å²) < 4.78 is 50.7. The number of halogens is 3. The maximum atomic E-state index is 12.7. The number of ether oxygens (including phenoxy) is 2. The van der Waals surface area contributed by atoms with Crippen LogP contribution in [0.15, 0.2) is 48.8 Å². The second-order valence-corrected chi connectivity index (χ2v) is 6.65. The van der Waals surface area contributed by atoms with Crippen LogP contribution < -0.4 is 4.74 Å². The Morgan fingerprint density at radius 2 is 1.93 bits per heavy atom. The lowest BCUT2D eigenvalue weighted by Crippen LogP contribution is -2.32. The number of pyridine rings is 1. The topological polar surface area (TPSA) is 92.3 Å². The maximum absolute atomic E-state index is 12.7. The average Bonchev–Trinajstić information content (AvgIpc) is 3.16. The number of benzene rings is 1. The Labute approximate surface area is 168 Å². The average molecular weight is 420 g/mol. The quantitative estimate of drug-likeness (QED) is 0.460. The van der Waals surface area contributed by atoms with Crippen LogP contribution in [0, 0.1) is 10.1 Å². The first-order valence-corrected chi connectivity index (χ1v) is 8.88. The van der Waals surface area contributed by atoms with Crippen molar-refractivity contribution in [3.8, 4) is 17.1 Å². The minimum absolute atomic E-state index is 0.181. The smallest absolute Gasteiger partial charge is 0.416 e. The van der Waals surface area contributed by atoms with Gasteiger partial charge in [-0.25, -0.2) is 0 Å². The van der Waals surface area contributed by atoms with Crippen molar-refractivity contribution in [3.63, 3.8) is 0 Å². The van der Waals surface area contributed by atoms with Gasteiger partial charge in [-0.05, 0) is 28.7 Å². The van der Waals surface area contributed by atoms with E-state index in [0.717, 1.165) is 12.1 Å². The molecule has 0 amide bonds. The first-order valence-electron chi connectivity index (χ1n) is 8.88. The summed E-state index contributed by atoms with van der Waals surface area (Å²) in [6.07, 6.45) is -1.84. The zero-order chi connectivity index (χ0) is 21.3. The van der Waals surface area contributed by atoms with E-state index in [0.29, 0.717) is 23.4 Å². The van der Waals surface area contributed by atoms with Crippen LogP contribution in [0.5, 0.6) is 6.01 Å². The summed E-state index contributed by atoms with van der Waals surface area (Å²) in [6, 6.07) is 8.52. The molecule has 3 aromatic rings. The SMILES string of the molecule is O=[N+]([O-])c1cn2c(n1)OC[C@@H](OCc1ccc(-c3ccc(C(F)(F)F)cc3)cn1)C2. The predicted octanol–water partition coefficient (Wildman–Crippen LogP) is 3.85. The molecule has 2 aromatic heterocycles. The third kappa shape index (κ3) is 4.25. The third-order valence-corrected chi connectivity index (χ3v) is 4.55. The number of fused-ring (bicyclic) bond motifs is 1. The van der Waals surface area contributed by atoms with Gasteiger partial charge in [-0.2, -0.15) is 13.2 Å². The van der Waals surface area contributed by atoms with Gasteiger partial charge in [-0.3, -0.25) is 9.55 Å². The van der Waals surface area contributed by atoms with Gasteiger partial charge in [0, 0.05) is 16.7 Å². The van der Waals surface area contributed by atoms with Crippen LogP contribution in [0.2, 0.25) is 0 Å². The van der Waals surface area contributed by atoms with E-state index in [-0.39, 0.29) is 31.1 Å². The van der Waals surface area contributed by atoms with E-state index in [1.54, 1.807) is 18.3 Å². The molecule has 0 saturated carbocycles. The molecule has 1 atom stereocenters. The molecule has 4 rings (SSSR count). The number of alkyl halides is 3. The maximum Gasteiger partial charge on any atom is 0.416 e. The van der Waals surface area contributed by atoms with E-state index < -0.39 is 16.7 Å². The third-order valence-electron chi connectivity index (χ3n) is 4.55. The lowest BCUT2D eigenvalue weighted by atomic mass is 10.1. The highest BCUT2D eigenvalue weighted by atomic mass is 19.4. The summed E-state index contributed by atoms with van der Waals surface area (Å²) in [7, 11) is 0. The molecule has 8 nitrogen and oxygen atoms in total. The molecule has 0 fully saturated rings. The van der Waals surface area contributed by atoms with Crippen molar-refractivity contribution < 1.29 is 27.6 Å². The van der Waals surface area contributed by atoms with Crippen LogP contribution in [0.1, 0.15) is 11.3 Å². The molecule has 30 heavy (non-hydrogen) atoms. The molecule has 0 N–H and O–H groups in total. The van der Waals surface area contributed by atoms with Gasteiger partial charge in [-0.1, -0.05) is 18.2 Å². The van der Waals surface area contributed by atoms with Gasteiger partial charge in [0.05, 0.1) is 24.4 Å². The lowest BCUT2D eigenvalue weighted by Gasteiger charge is -2.22. The fourth-order valence-electron chi connectivity index (χ4n) is 3.00. The molecule has 0 saturated heterocycles.